The van der Waals surface area contributed by atoms with Gasteiger partial charge in [0, 0.05) is 16.6 Å². The highest BCUT2D eigenvalue weighted by Gasteiger charge is 2.25. The van der Waals surface area contributed by atoms with Gasteiger partial charge >= 0.3 is 0 Å². The molecule has 0 unspecified atom stereocenters. The van der Waals surface area contributed by atoms with Gasteiger partial charge in [-0.3, -0.25) is 5.10 Å². The van der Waals surface area contributed by atoms with Gasteiger partial charge in [0.1, 0.15) is 0 Å². The summed E-state index contributed by atoms with van der Waals surface area (Å²) in [6, 6.07) is 10.0. The molecule has 0 amide bonds. The Morgan fingerprint density at radius 2 is 2.00 bits per heavy atom. The molecule has 1 aliphatic heterocycles. The molecule has 77 valence electrons. The first-order valence-corrected chi connectivity index (χ1v) is 5.04. The fraction of sp³-hybridized carbons (Fsp3) is 0. The Labute approximate surface area is 92.9 Å². The van der Waals surface area contributed by atoms with Crippen LogP contribution in [0.5, 0.6) is 0 Å². The summed E-state index contributed by atoms with van der Waals surface area (Å²) < 4.78 is 0. The minimum Gasteiger partial charge on any atom is -0.279 e. The van der Waals surface area contributed by atoms with Crippen molar-refractivity contribution in [1.29, 1.82) is 0 Å². The summed E-state index contributed by atoms with van der Waals surface area (Å²) in [5, 5.41) is 13.1. The van der Waals surface area contributed by atoms with Crippen LogP contribution in [-0.2, 0) is 0 Å². The van der Waals surface area contributed by atoms with E-state index < -0.39 is 0 Å². The van der Waals surface area contributed by atoms with E-state index in [-0.39, 0.29) is 0 Å². The lowest BCUT2D eigenvalue weighted by molar-refractivity contribution is 0.756. The van der Waals surface area contributed by atoms with Gasteiger partial charge in [0.25, 0.3) is 5.69 Å². The number of H-pyrrole nitrogens is 1. The molecule has 0 atom stereocenters. The molecule has 0 spiro atoms. The van der Waals surface area contributed by atoms with Crippen LogP contribution in [0.3, 0.4) is 0 Å². The van der Waals surface area contributed by atoms with Gasteiger partial charge in [0.15, 0.2) is 11.9 Å². The summed E-state index contributed by atoms with van der Waals surface area (Å²) in [6.07, 6.45) is 7.39. The molecule has 1 N–H and O–H groups in total. The molecule has 0 bridgehead atoms. The predicted octanol–water partition coefficient (Wildman–Crippen LogP) is 2.36. The average molecular weight is 210 g/mol. The molecule has 4 nitrogen and oxygen atoms in total. The molecule has 2 heterocycles. The van der Waals surface area contributed by atoms with E-state index in [1.54, 1.807) is 11.2 Å². The zero-order valence-electron chi connectivity index (χ0n) is 8.54. The van der Waals surface area contributed by atoms with Gasteiger partial charge in [0.05, 0.1) is 12.4 Å². The third-order valence-corrected chi connectivity index (χ3v) is 2.42. The van der Waals surface area contributed by atoms with Gasteiger partial charge in [-0.2, -0.15) is 5.10 Å². The number of benzene rings is 1. The number of hydrogen-bond donors (Lipinski definition) is 1. The maximum absolute atomic E-state index is 4.26. The quantitative estimate of drug-likeness (QED) is 0.760. The highest BCUT2D eigenvalue weighted by molar-refractivity contribution is 5.78. The highest BCUT2D eigenvalue weighted by atomic mass is 15.5. The molecule has 0 aliphatic carbocycles. The Balaban J connectivity index is 2.06. The van der Waals surface area contributed by atoms with Gasteiger partial charge in [-0.05, 0) is 5.10 Å². The number of anilines is 1. The Kier molecular flexibility index (Phi) is 2.12. The molecule has 0 saturated heterocycles. The molecule has 1 radical (unpaired) electrons. The van der Waals surface area contributed by atoms with E-state index in [9.17, 15) is 0 Å². The topological polar surface area (TPSA) is 46.9 Å². The van der Waals surface area contributed by atoms with Crippen LogP contribution in [0.15, 0.2) is 53.9 Å². The molecule has 16 heavy (non-hydrogen) atoms. The summed E-state index contributed by atoms with van der Waals surface area (Å²) in [4.78, 5) is 0. The Morgan fingerprint density at radius 3 is 2.75 bits per heavy atom. The van der Waals surface area contributed by atoms with Crippen LogP contribution in [0.4, 0.5) is 5.69 Å². The Hall–Kier alpha value is -2.20. The van der Waals surface area contributed by atoms with Crippen molar-refractivity contribution in [2.45, 2.75) is 0 Å². The number of hydrazone groups is 1. The number of allylic oxidation sites excluding steroid dienone is 1. The summed E-state index contributed by atoms with van der Waals surface area (Å²) in [6.45, 7) is 0. The summed E-state index contributed by atoms with van der Waals surface area (Å²) >= 11 is 0. The van der Waals surface area contributed by atoms with E-state index in [1.165, 1.54) is 0 Å². The van der Waals surface area contributed by atoms with Crippen LogP contribution in [0.2, 0.25) is 0 Å². The van der Waals surface area contributed by atoms with Gasteiger partial charge in [0.2, 0.25) is 0 Å². The zero-order chi connectivity index (χ0) is 10.8. The molecule has 2 aromatic rings. The van der Waals surface area contributed by atoms with E-state index in [0.29, 0.717) is 0 Å². The molecular formula is C12H10N4+. The van der Waals surface area contributed by atoms with Gasteiger partial charge < -0.3 is 0 Å². The number of aromatic nitrogens is 2. The highest BCUT2D eigenvalue weighted by Crippen LogP contribution is 2.28. The normalized spacial score (nSPS) is 14.8. The second kappa shape index (κ2) is 3.75. The minimum atomic E-state index is 0.907. The van der Waals surface area contributed by atoms with Crippen LogP contribution >= 0.6 is 0 Å². The van der Waals surface area contributed by atoms with Crippen molar-refractivity contribution in [3.8, 4) is 11.3 Å². The maximum atomic E-state index is 4.26. The number of nitrogens with one attached hydrogen (secondary N) is 1. The van der Waals surface area contributed by atoms with Gasteiger partial charge in [-0.15, -0.1) is 0 Å². The Bertz CT molecular complexity index is 527. The number of hydrogen-bond acceptors (Lipinski definition) is 3. The molecule has 1 aliphatic rings. The second-order valence-electron chi connectivity index (χ2n) is 3.44. The summed E-state index contributed by atoms with van der Waals surface area (Å²) in [5.41, 5.74) is 2.94. The first kappa shape index (κ1) is 9.06. The summed E-state index contributed by atoms with van der Waals surface area (Å²) in [7, 11) is 0. The van der Waals surface area contributed by atoms with E-state index in [0.717, 1.165) is 16.9 Å². The standard InChI is InChI=1S/C12H10N4/c1-2-5-10(6-3-1)12-11(9-13-15-12)16-8-4-7-14-16/h1-9H,(H,13,15)/q+1. The molecule has 4 heteroatoms. The van der Waals surface area contributed by atoms with E-state index in [2.05, 4.69) is 15.3 Å². The molecule has 1 aromatic heterocycles. The fourth-order valence-corrected chi connectivity index (χ4v) is 1.68. The van der Waals surface area contributed by atoms with E-state index >= 15 is 0 Å². The van der Waals surface area contributed by atoms with Crippen LogP contribution in [0, 0.1) is 0 Å². The van der Waals surface area contributed by atoms with Crippen molar-refractivity contribution in [1.82, 2.24) is 15.2 Å². The van der Waals surface area contributed by atoms with E-state index in [4.69, 9.17) is 0 Å². The van der Waals surface area contributed by atoms with Crippen LogP contribution < -0.4 is 5.01 Å². The monoisotopic (exact) mass is 210 g/mol. The first-order chi connectivity index (χ1) is 7.95. The molecular weight excluding hydrogens is 200 g/mol. The molecule has 0 fully saturated rings. The average Bonchev–Trinajstić information content (AvgIpc) is 3.01. The molecule has 0 saturated carbocycles. The van der Waals surface area contributed by atoms with Crippen molar-refractivity contribution < 1.29 is 0 Å². The zero-order valence-corrected chi connectivity index (χ0v) is 8.54. The van der Waals surface area contributed by atoms with Crippen molar-refractivity contribution in [2.24, 2.45) is 5.10 Å². The van der Waals surface area contributed by atoms with Gasteiger partial charge in [-0.1, -0.05) is 30.3 Å². The largest absolute Gasteiger partial charge is 0.279 e. The van der Waals surface area contributed by atoms with Gasteiger partial charge in [-0.25, -0.2) is 0 Å². The van der Waals surface area contributed by atoms with Crippen molar-refractivity contribution in [3.05, 3.63) is 48.8 Å². The lowest BCUT2D eigenvalue weighted by Gasteiger charge is -1.97. The van der Waals surface area contributed by atoms with Crippen molar-refractivity contribution in [2.75, 3.05) is 0 Å². The Morgan fingerprint density at radius 1 is 1.12 bits per heavy atom. The van der Waals surface area contributed by atoms with Crippen LogP contribution in [0.1, 0.15) is 0 Å². The lowest BCUT2D eigenvalue weighted by Crippen LogP contribution is -2.05. The third kappa shape index (κ3) is 1.45. The predicted molar refractivity (Wildman–Crippen MR) is 63.4 cm³/mol. The number of rotatable bonds is 2. The molecule has 3 rings (SSSR count). The SMILES string of the molecule is C1=C[N+](c2c[nH]nc2-c2ccccc2)N=C1. The second-order valence-corrected chi connectivity index (χ2v) is 3.44. The smallest absolute Gasteiger partial charge is 0.263 e. The number of nitrogens with zero attached hydrogens (tertiary/aromatic N) is 3. The van der Waals surface area contributed by atoms with Crippen molar-refractivity contribution in [3.63, 3.8) is 0 Å². The lowest BCUT2D eigenvalue weighted by atomic mass is 10.1. The summed E-state index contributed by atoms with van der Waals surface area (Å²) in [5.74, 6) is 0. The first-order valence-electron chi connectivity index (χ1n) is 5.04. The van der Waals surface area contributed by atoms with Crippen molar-refractivity contribution >= 4 is 11.9 Å². The van der Waals surface area contributed by atoms with Crippen LogP contribution in [0.25, 0.3) is 11.3 Å². The molecule has 1 aromatic carbocycles. The third-order valence-electron chi connectivity index (χ3n) is 2.42. The fourth-order valence-electron chi connectivity index (χ4n) is 1.68. The number of aromatic amines is 1. The van der Waals surface area contributed by atoms with E-state index in [1.807, 2.05) is 48.8 Å². The van der Waals surface area contributed by atoms with Crippen LogP contribution in [-0.4, -0.2) is 16.4 Å². The minimum absolute atomic E-state index is 0.907. The maximum Gasteiger partial charge on any atom is 0.263 e.